The number of carbonyl (C=O) groups is 2. The molecule has 1 atom stereocenters. The summed E-state index contributed by atoms with van der Waals surface area (Å²) in [7, 11) is 0. The molecule has 0 bridgehead atoms. The fourth-order valence-corrected chi connectivity index (χ4v) is 4.71. The van der Waals surface area contributed by atoms with Crippen LogP contribution in [0.4, 0.5) is 27.6 Å². The van der Waals surface area contributed by atoms with Crippen LogP contribution < -0.4 is 4.90 Å². The van der Waals surface area contributed by atoms with Crippen LogP contribution in [0.2, 0.25) is 0 Å². The molecule has 2 aliphatic rings. The number of aliphatic hydroxyl groups excluding tert-OH is 1. The van der Waals surface area contributed by atoms with Crippen molar-refractivity contribution in [2.75, 3.05) is 24.5 Å². The molecule has 2 fully saturated rings. The van der Waals surface area contributed by atoms with E-state index in [9.17, 15) is 26.7 Å². The number of rotatable bonds is 4. The van der Waals surface area contributed by atoms with Crippen molar-refractivity contribution in [3.8, 4) is 6.07 Å². The van der Waals surface area contributed by atoms with Crippen LogP contribution in [0.1, 0.15) is 36.3 Å². The number of furan rings is 1. The van der Waals surface area contributed by atoms with E-state index in [-0.39, 0.29) is 25.6 Å². The smallest absolute Gasteiger partial charge is 0.475 e. The van der Waals surface area contributed by atoms with Gasteiger partial charge in [0, 0.05) is 25.2 Å². The van der Waals surface area contributed by atoms with E-state index in [1.54, 1.807) is 46.2 Å². The molecule has 8 nitrogen and oxygen atoms in total. The van der Waals surface area contributed by atoms with Gasteiger partial charge in [-0.25, -0.2) is 13.6 Å². The Kier molecular flexibility index (Phi) is 8.24. The number of carboxylic acid groups (broad SMARTS) is 1. The van der Waals surface area contributed by atoms with E-state index in [1.165, 1.54) is 0 Å². The Morgan fingerprint density at radius 3 is 2.43 bits per heavy atom. The zero-order chi connectivity index (χ0) is 27.4. The van der Waals surface area contributed by atoms with Gasteiger partial charge in [0.25, 0.3) is 5.92 Å². The zero-order valence-electron chi connectivity index (χ0n) is 19.5. The molecular formula is C24H24F5N3O5. The first-order valence-electron chi connectivity index (χ1n) is 11.2. The van der Waals surface area contributed by atoms with Gasteiger partial charge in [-0.1, -0.05) is 6.07 Å². The fraction of sp³-hybridized carbons (Fsp3) is 0.458. The van der Waals surface area contributed by atoms with Crippen LogP contribution in [0.25, 0.3) is 0 Å². The lowest BCUT2D eigenvalue weighted by Crippen LogP contribution is -2.61. The van der Waals surface area contributed by atoms with Crippen molar-refractivity contribution in [2.45, 2.75) is 44.5 Å². The number of alkyl halides is 5. The standard InChI is InChI=1S/C22H23F2N3O3.C2HF3O2/c23-22(24)13-21(14-26(15-22)11-18-5-6-19(12-28)30-18)7-2-8-27(20(21)29)17-4-1-3-16(9-17)10-25;3-2(4,5)1(6)7/h1,3-6,9,28H,2,7-8,11-15H2;(H,6,7). The first-order chi connectivity index (χ1) is 17.3. The van der Waals surface area contributed by atoms with E-state index in [4.69, 9.17) is 24.7 Å². The minimum absolute atomic E-state index is 0.147. The Labute approximate surface area is 208 Å². The van der Waals surface area contributed by atoms with Crippen LogP contribution >= 0.6 is 0 Å². The number of hydrogen-bond acceptors (Lipinski definition) is 6. The van der Waals surface area contributed by atoms with E-state index < -0.39 is 36.4 Å². The van der Waals surface area contributed by atoms with Gasteiger partial charge >= 0.3 is 12.1 Å². The number of piperidine rings is 2. The molecule has 2 saturated heterocycles. The number of carbonyl (C=O) groups excluding carboxylic acids is 1. The summed E-state index contributed by atoms with van der Waals surface area (Å²) in [6.07, 6.45) is -4.56. The summed E-state index contributed by atoms with van der Waals surface area (Å²) in [5.41, 5.74) is -0.195. The largest absolute Gasteiger partial charge is 0.490 e. The van der Waals surface area contributed by atoms with Gasteiger partial charge in [-0.3, -0.25) is 9.69 Å². The van der Waals surface area contributed by atoms with Crippen molar-refractivity contribution in [1.82, 2.24) is 4.90 Å². The second kappa shape index (κ2) is 10.9. The Morgan fingerprint density at radius 2 is 1.84 bits per heavy atom. The van der Waals surface area contributed by atoms with Gasteiger partial charge in [-0.05, 0) is 43.2 Å². The molecule has 200 valence electrons. The van der Waals surface area contributed by atoms with Crippen molar-refractivity contribution in [2.24, 2.45) is 5.41 Å². The molecule has 2 aromatic rings. The molecule has 1 aromatic heterocycles. The minimum Gasteiger partial charge on any atom is -0.475 e. The lowest BCUT2D eigenvalue weighted by atomic mass is 9.71. The van der Waals surface area contributed by atoms with Crippen molar-refractivity contribution in [3.63, 3.8) is 0 Å². The number of nitriles is 1. The molecule has 13 heteroatoms. The van der Waals surface area contributed by atoms with Crippen LogP contribution in [-0.2, 0) is 22.7 Å². The van der Waals surface area contributed by atoms with Crippen LogP contribution in [0.5, 0.6) is 0 Å². The summed E-state index contributed by atoms with van der Waals surface area (Å²) in [6, 6.07) is 12.0. The average Bonchev–Trinajstić information content (AvgIpc) is 3.27. The highest BCUT2D eigenvalue weighted by Crippen LogP contribution is 2.46. The number of aliphatic hydroxyl groups is 1. The molecule has 3 heterocycles. The minimum atomic E-state index is -5.08. The van der Waals surface area contributed by atoms with Crippen molar-refractivity contribution < 1.29 is 46.2 Å². The number of amides is 1. The number of nitrogens with zero attached hydrogens (tertiary/aromatic N) is 3. The molecule has 2 N–H and O–H groups in total. The van der Waals surface area contributed by atoms with Gasteiger partial charge in [-0.2, -0.15) is 18.4 Å². The van der Waals surface area contributed by atoms with Crippen LogP contribution in [0.15, 0.2) is 40.8 Å². The predicted octanol–water partition coefficient (Wildman–Crippen LogP) is 3.93. The van der Waals surface area contributed by atoms with Gasteiger partial charge in [0.05, 0.1) is 30.1 Å². The summed E-state index contributed by atoms with van der Waals surface area (Å²) in [6.45, 7) is 0.106. The van der Waals surface area contributed by atoms with Gasteiger partial charge in [-0.15, -0.1) is 0 Å². The first kappa shape index (κ1) is 28.1. The number of hydrogen-bond donors (Lipinski definition) is 2. The third-order valence-electron chi connectivity index (χ3n) is 6.10. The molecule has 0 radical (unpaired) electrons. The second-order valence-corrected chi connectivity index (χ2v) is 9.01. The monoisotopic (exact) mass is 529 g/mol. The molecule has 2 aliphatic heterocycles. The molecule has 0 aliphatic carbocycles. The Bertz CT molecular complexity index is 1180. The van der Waals surface area contributed by atoms with Crippen molar-refractivity contribution >= 4 is 17.6 Å². The van der Waals surface area contributed by atoms with Crippen molar-refractivity contribution in [1.29, 1.82) is 5.26 Å². The molecule has 1 aromatic carbocycles. The summed E-state index contributed by atoms with van der Waals surface area (Å²) in [4.78, 5) is 25.5. The number of benzene rings is 1. The van der Waals surface area contributed by atoms with E-state index >= 15 is 0 Å². The second-order valence-electron chi connectivity index (χ2n) is 9.01. The van der Waals surface area contributed by atoms with E-state index in [1.807, 2.05) is 0 Å². The van der Waals surface area contributed by atoms with Gasteiger partial charge in [0.2, 0.25) is 5.91 Å². The van der Waals surface area contributed by atoms with Crippen molar-refractivity contribution in [3.05, 3.63) is 53.5 Å². The Hall–Kier alpha value is -3.50. The first-order valence-corrected chi connectivity index (χ1v) is 11.2. The summed E-state index contributed by atoms with van der Waals surface area (Å²) >= 11 is 0. The highest BCUT2D eigenvalue weighted by molar-refractivity contribution is 5.98. The third kappa shape index (κ3) is 6.84. The number of aliphatic carboxylic acids is 1. The highest BCUT2D eigenvalue weighted by Gasteiger charge is 2.55. The summed E-state index contributed by atoms with van der Waals surface area (Å²) in [5.74, 6) is -5.22. The van der Waals surface area contributed by atoms with Gasteiger partial charge < -0.3 is 19.5 Å². The lowest BCUT2D eigenvalue weighted by Gasteiger charge is -2.49. The van der Waals surface area contributed by atoms with Crippen LogP contribution in [0, 0.1) is 16.7 Å². The Balaban J connectivity index is 0.000000479. The maximum absolute atomic E-state index is 14.8. The van der Waals surface area contributed by atoms with E-state index in [0.29, 0.717) is 42.2 Å². The molecule has 1 spiro atoms. The third-order valence-corrected chi connectivity index (χ3v) is 6.10. The molecule has 37 heavy (non-hydrogen) atoms. The number of carboxylic acids is 1. The van der Waals surface area contributed by atoms with Crippen LogP contribution in [-0.4, -0.2) is 58.7 Å². The molecule has 0 saturated carbocycles. The van der Waals surface area contributed by atoms with Gasteiger partial charge in [0.1, 0.15) is 18.1 Å². The number of halogens is 5. The molecule has 1 unspecified atom stereocenters. The predicted molar refractivity (Wildman–Crippen MR) is 118 cm³/mol. The van der Waals surface area contributed by atoms with Crippen LogP contribution in [0.3, 0.4) is 0 Å². The average molecular weight is 529 g/mol. The maximum atomic E-state index is 14.8. The summed E-state index contributed by atoms with van der Waals surface area (Å²) in [5, 5.41) is 25.4. The number of anilines is 1. The topological polar surface area (TPSA) is 118 Å². The number of likely N-dealkylation sites (tertiary alicyclic amines) is 1. The lowest BCUT2D eigenvalue weighted by molar-refractivity contribution is -0.192. The maximum Gasteiger partial charge on any atom is 0.490 e. The SMILES string of the molecule is N#Cc1cccc(N2CCCC3(CN(Cc4ccc(CO)o4)CC(F)(F)C3)C2=O)c1.O=C(O)C(F)(F)F. The normalized spacial score (nSPS) is 21.8. The molecular weight excluding hydrogens is 505 g/mol. The quantitative estimate of drug-likeness (QED) is 0.577. The van der Waals surface area contributed by atoms with E-state index in [2.05, 4.69) is 6.07 Å². The molecule has 4 rings (SSSR count). The summed E-state index contributed by atoms with van der Waals surface area (Å²) < 4.78 is 66.7. The van der Waals surface area contributed by atoms with E-state index in [0.717, 1.165) is 0 Å². The Morgan fingerprint density at radius 1 is 1.16 bits per heavy atom. The fourth-order valence-electron chi connectivity index (χ4n) is 4.71. The molecule has 1 amide bonds. The zero-order valence-corrected chi connectivity index (χ0v) is 19.5. The van der Waals surface area contributed by atoms with Gasteiger partial charge in [0.15, 0.2) is 0 Å². The highest BCUT2D eigenvalue weighted by atomic mass is 19.4.